The summed E-state index contributed by atoms with van der Waals surface area (Å²) in [5.74, 6) is -3.51. The Labute approximate surface area is 183 Å². The van der Waals surface area contributed by atoms with Crippen molar-refractivity contribution in [3.8, 4) is 5.75 Å². The minimum Gasteiger partial charge on any atom is -0.503 e. The summed E-state index contributed by atoms with van der Waals surface area (Å²) in [4.78, 5) is 39.7. The quantitative estimate of drug-likeness (QED) is 0.658. The molecule has 0 unspecified atom stereocenters. The number of aromatic hydroxyl groups is 1. The highest BCUT2D eigenvalue weighted by molar-refractivity contribution is 6.00. The van der Waals surface area contributed by atoms with E-state index in [0.29, 0.717) is 37.7 Å². The lowest BCUT2D eigenvalue weighted by Gasteiger charge is -2.34. The summed E-state index contributed by atoms with van der Waals surface area (Å²) in [6, 6.07) is 2.86. The molecule has 1 aromatic carbocycles. The second-order valence-corrected chi connectivity index (χ2v) is 7.49. The number of nitrogens with one attached hydrogen (secondary N) is 1. The maximum Gasteiger partial charge on any atom is 0.274 e. The van der Waals surface area contributed by atoms with Gasteiger partial charge in [0.25, 0.3) is 11.8 Å². The predicted octanol–water partition coefficient (Wildman–Crippen LogP) is 1.72. The number of rotatable bonds is 4. The van der Waals surface area contributed by atoms with Gasteiger partial charge in [-0.05, 0) is 32.8 Å². The summed E-state index contributed by atoms with van der Waals surface area (Å²) in [5.41, 5.74) is -0.787. The number of nitrogens with zero attached hydrogens (tertiary/aromatic N) is 2. The molecule has 2 amide bonds. The summed E-state index contributed by atoms with van der Waals surface area (Å²) < 4.78 is 28.4. The molecule has 2 aliphatic heterocycles. The first-order valence-electron chi connectivity index (χ1n) is 10.4. The van der Waals surface area contributed by atoms with Crippen molar-refractivity contribution in [1.29, 1.82) is 0 Å². The third-order valence-corrected chi connectivity index (χ3v) is 5.55. The molecular formula is C22H25F2N3O5. The number of hydrogen-bond donors (Lipinski definition) is 3. The van der Waals surface area contributed by atoms with Gasteiger partial charge in [-0.25, -0.2) is 8.78 Å². The van der Waals surface area contributed by atoms with Crippen LogP contribution in [0.1, 0.15) is 58.4 Å². The lowest BCUT2D eigenvalue weighted by Crippen LogP contribution is -2.44. The number of aliphatic hydroxyl groups excluding tert-OH is 1. The van der Waals surface area contributed by atoms with E-state index < -0.39 is 34.6 Å². The molecule has 32 heavy (non-hydrogen) atoms. The van der Waals surface area contributed by atoms with Crippen molar-refractivity contribution in [3.05, 3.63) is 62.6 Å². The molecule has 0 radical (unpaired) electrons. The molecule has 3 N–H and O–H groups in total. The number of amides is 2. The molecule has 1 atom stereocenters. The van der Waals surface area contributed by atoms with Gasteiger partial charge in [0.05, 0.1) is 6.04 Å². The van der Waals surface area contributed by atoms with Gasteiger partial charge in [-0.2, -0.15) is 0 Å². The first kappa shape index (κ1) is 23.4. The van der Waals surface area contributed by atoms with E-state index in [9.17, 15) is 28.3 Å². The molecular weight excluding hydrogens is 424 g/mol. The van der Waals surface area contributed by atoms with E-state index in [1.54, 1.807) is 16.4 Å². The van der Waals surface area contributed by atoms with Crippen LogP contribution in [-0.2, 0) is 13.0 Å². The van der Waals surface area contributed by atoms with E-state index in [0.717, 1.165) is 6.07 Å². The second kappa shape index (κ2) is 9.47. The van der Waals surface area contributed by atoms with E-state index >= 15 is 0 Å². The Bertz CT molecular complexity index is 1120. The molecule has 0 aliphatic carbocycles. The largest absolute Gasteiger partial charge is 0.503 e. The van der Waals surface area contributed by atoms with Gasteiger partial charge in [-0.15, -0.1) is 0 Å². The minimum absolute atomic E-state index is 0.0603. The average molecular weight is 449 g/mol. The Hall–Kier alpha value is -3.27. The van der Waals surface area contributed by atoms with Crippen LogP contribution in [-0.4, -0.2) is 51.2 Å². The third kappa shape index (κ3) is 4.10. The van der Waals surface area contributed by atoms with E-state index in [2.05, 4.69) is 5.32 Å². The zero-order valence-corrected chi connectivity index (χ0v) is 17.8. The first-order valence-corrected chi connectivity index (χ1v) is 10.4. The molecule has 10 heteroatoms. The van der Waals surface area contributed by atoms with E-state index in [1.807, 2.05) is 6.92 Å². The van der Waals surface area contributed by atoms with Gasteiger partial charge in [-0.1, -0.05) is 6.07 Å². The van der Waals surface area contributed by atoms with Crippen molar-refractivity contribution >= 4 is 11.8 Å². The molecule has 0 saturated heterocycles. The van der Waals surface area contributed by atoms with Gasteiger partial charge in [-0.3, -0.25) is 14.4 Å². The number of hydrogen-bond acceptors (Lipinski definition) is 5. The highest BCUT2D eigenvalue weighted by atomic mass is 19.1. The molecule has 2 aliphatic rings. The standard InChI is InChI=1S/C20H19F2N3O4.C2H6O/c1-2-24-9-12-5-6-14-15(17(26)18(27)16(20(24)29)25(12)14)19(28)23-8-10-3-4-11(21)7-13(10)22;1-2-3/h3-4,7,12,27H,2,5-6,8-9H2,1H3,(H,23,28);3H,2H2,1H3/t12-;/m1./s1. The Kier molecular flexibility index (Phi) is 6.93. The molecule has 0 spiro atoms. The van der Waals surface area contributed by atoms with Crippen LogP contribution in [0.4, 0.5) is 8.78 Å². The molecule has 1 aromatic heterocycles. The Morgan fingerprint density at radius 1 is 1.25 bits per heavy atom. The number of benzene rings is 1. The number of aromatic nitrogens is 1. The SMILES string of the molecule is CCN1C[C@H]2CCc3c(C(=O)NCc4ccc(F)cc4F)c(=O)c(O)c(n32)C1=O.CCO. The van der Waals surface area contributed by atoms with Crippen molar-refractivity contribution in [2.75, 3.05) is 19.7 Å². The molecule has 4 rings (SSSR count). The fourth-order valence-corrected chi connectivity index (χ4v) is 4.11. The number of aliphatic hydroxyl groups is 1. The molecule has 0 saturated carbocycles. The van der Waals surface area contributed by atoms with Crippen LogP contribution in [0.15, 0.2) is 23.0 Å². The molecule has 3 heterocycles. The summed E-state index contributed by atoms with van der Waals surface area (Å²) in [7, 11) is 0. The first-order chi connectivity index (χ1) is 15.2. The summed E-state index contributed by atoms with van der Waals surface area (Å²) in [6.45, 7) is 4.39. The van der Waals surface area contributed by atoms with Crippen LogP contribution in [0.5, 0.6) is 5.75 Å². The summed E-state index contributed by atoms with van der Waals surface area (Å²) >= 11 is 0. The van der Waals surface area contributed by atoms with Gasteiger partial charge in [0.15, 0.2) is 11.4 Å². The van der Waals surface area contributed by atoms with Crippen molar-refractivity contribution in [2.24, 2.45) is 0 Å². The van der Waals surface area contributed by atoms with Crippen molar-refractivity contribution in [2.45, 2.75) is 39.3 Å². The number of pyridine rings is 1. The zero-order chi connectivity index (χ0) is 23.6. The zero-order valence-electron chi connectivity index (χ0n) is 17.8. The second-order valence-electron chi connectivity index (χ2n) is 7.49. The van der Waals surface area contributed by atoms with Gasteiger partial charge in [0.1, 0.15) is 17.2 Å². The lowest BCUT2D eigenvalue weighted by atomic mass is 10.1. The Morgan fingerprint density at radius 3 is 2.56 bits per heavy atom. The molecule has 172 valence electrons. The summed E-state index contributed by atoms with van der Waals surface area (Å²) in [5, 5.41) is 20.4. The highest BCUT2D eigenvalue weighted by Crippen LogP contribution is 2.36. The van der Waals surface area contributed by atoms with E-state index in [4.69, 9.17) is 5.11 Å². The molecule has 0 bridgehead atoms. The van der Waals surface area contributed by atoms with Gasteiger partial charge >= 0.3 is 0 Å². The van der Waals surface area contributed by atoms with Crippen LogP contribution >= 0.6 is 0 Å². The van der Waals surface area contributed by atoms with Crippen LogP contribution < -0.4 is 10.7 Å². The van der Waals surface area contributed by atoms with Crippen molar-refractivity contribution in [3.63, 3.8) is 0 Å². The maximum absolute atomic E-state index is 13.8. The van der Waals surface area contributed by atoms with E-state index in [1.165, 1.54) is 6.07 Å². The normalized spacial score (nSPS) is 16.3. The lowest BCUT2D eigenvalue weighted by molar-refractivity contribution is 0.0676. The number of likely N-dealkylation sites (N-methyl/N-ethyl adjacent to an activating group) is 1. The Balaban J connectivity index is 0.000000913. The fourth-order valence-electron chi connectivity index (χ4n) is 4.11. The summed E-state index contributed by atoms with van der Waals surface area (Å²) in [6.07, 6.45) is 1.04. The average Bonchev–Trinajstić information content (AvgIpc) is 3.16. The number of carbonyl (C=O) groups excluding carboxylic acids is 2. The van der Waals surface area contributed by atoms with Crippen LogP contribution in [0.3, 0.4) is 0 Å². The minimum atomic E-state index is -0.921. The van der Waals surface area contributed by atoms with Crippen molar-refractivity contribution in [1.82, 2.24) is 14.8 Å². The highest BCUT2D eigenvalue weighted by Gasteiger charge is 2.40. The van der Waals surface area contributed by atoms with Crippen LogP contribution in [0.25, 0.3) is 0 Å². The van der Waals surface area contributed by atoms with Crippen LogP contribution in [0.2, 0.25) is 0 Å². The smallest absolute Gasteiger partial charge is 0.274 e. The number of halogens is 2. The maximum atomic E-state index is 13.8. The molecule has 2 aromatic rings. The molecule has 0 fully saturated rings. The van der Waals surface area contributed by atoms with Crippen molar-refractivity contribution < 1.29 is 28.6 Å². The Morgan fingerprint density at radius 2 is 1.94 bits per heavy atom. The van der Waals surface area contributed by atoms with Crippen LogP contribution in [0, 0.1) is 11.6 Å². The van der Waals surface area contributed by atoms with Gasteiger partial charge in [0.2, 0.25) is 5.43 Å². The number of carbonyl (C=O) groups is 2. The predicted molar refractivity (Wildman–Crippen MR) is 112 cm³/mol. The molecule has 8 nitrogen and oxygen atoms in total. The topological polar surface area (TPSA) is 112 Å². The fraction of sp³-hybridized carbons (Fsp3) is 0.409. The monoisotopic (exact) mass is 449 g/mol. The van der Waals surface area contributed by atoms with Gasteiger partial charge in [0, 0.05) is 43.6 Å². The van der Waals surface area contributed by atoms with Gasteiger partial charge < -0.3 is 25.0 Å². The third-order valence-electron chi connectivity index (χ3n) is 5.55. The van der Waals surface area contributed by atoms with E-state index in [-0.39, 0.29) is 36.0 Å².